The van der Waals surface area contributed by atoms with Gasteiger partial charge >= 0.3 is 0 Å². The number of ether oxygens (including phenoxy) is 4. The second kappa shape index (κ2) is 51.4. The minimum absolute atomic E-state index is 0.238. The van der Waals surface area contributed by atoms with E-state index in [4.69, 9.17) is 18.9 Å². The molecule has 0 aromatic rings. The number of hydrogen-bond donors (Lipinski definition) is 9. The third kappa shape index (κ3) is 35.9. The zero-order valence-electron chi connectivity index (χ0n) is 50.6. The first kappa shape index (κ1) is 74.1. The van der Waals surface area contributed by atoms with Gasteiger partial charge in [-0.25, -0.2) is 0 Å². The number of aliphatic hydroxyl groups excluding tert-OH is 8. The van der Waals surface area contributed by atoms with Crippen molar-refractivity contribution in [3.05, 3.63) is 48.6 Å². The molecular weight excluding hydrogens is 1010 g/mol. The van der Waals surface area contributed by atoms with Gasteiger partial charge in [0.05, 0.1) is 32.0 Å². The summed E-state index contributed by atoms with van der Waals surface area (Å²) in [5, 5.41) is 87.0. The minimum atomic E-state index is -1.79. The van der Waals surface area contributed by atoms with Crippen LogP contribution in [0.4, 0.5) is 0 Å². The SMILES string of the molecule is CCCCCCC/C=C\C/C=C\C/C=C\CCCCCCCCCCCCCCCCCCCCCCC(=O)NC(COC1OC(CO)C(OC2OC(CO)C(O)C(O)C2O)C(O)C1O)C(O)/C=C/CCCCCCCCCCC. The van der Waals surface area contributed by atoms with E-state index in [1.165, 1.54) is 193 Å². The van der Waals surface area contributed by atoms with Crippen LogP contribution in [-0.4, -0.2) is 140 Å². The van der Waals surface area contributed by atoms with E-state index in [2.05, 4.69) is 55.6 Å². The number of nitrogens with one attached hydrogen (secondary N) is 1. The smallest absolute Gasteiger partial charge is 0.220 e. The summed E-state index contributed by atoms with van der Waals surface area (Å²) >= 11 is 0. The molecule has 12 atom stereocenters. The highest BCUT2D eigenvalue weighted by molar-refractivity contribution is 5.76. The maximum atomic E-state index is 13.3. The van der Waals surface area contributed by atoms with Gasteiger partial charge in [-0.15, -0.1) is 0 Å². The van der Waals surface area contributed by atoms with E-state index in [9.17, 15) is 45.6 Å². The Labute approximate surface area is 486 Å². The van der Waals surface area contributed by atoms with Gasteiger partial charge in [0.2, 0.25) is 5.91 Å². The Hall–Kier alpha value is -2.05. The molecule has 2 rings (SSSR count). The van der Waals surface area contributed by atoms with Gasteiger partial charge in [0.25, 0.3) is 0 Å². The molecule has 12 unspecified atom stereocenters. The molecule has 468 valence electrons. The maximum absolute atomic E-state index is 13.3. The van der Waals surface area contributed by atoms with Crippen LogP contribution in [0.1, 0.15) is 271 Å². The Morgan fingerprint density at radius 1 is 0.450 bits per heavy atom. The molecule has 14 heteroatoms. The lowest BCUT2D eigenvalue weighted by Crippen LogP contribution is -2.65. The van der Waals surface area contributed by atoms with Gasteiger partial charge in [0.15, 0.2) is 12.6 Å². The van der Waals surface area contributed by atoms with Crippen LogP contribution in [0.25, 0.3) is 0 Å². The monoisotopic (exact) mass is 1140 g/mol. The molecule has 0 aromatic carbocycles. The Morgan fingerprint density at radius 2 is 0.825 bits per heavy atom. The van der Waals surface area contributed by atoms with Gasteiger partial charge < -0.3 is 65.1 Å². The first-order valence-corrected chi connectivity index (χ1v) is 32.9. The highest BCUT2D eigenvalue weighted by atomic mass is 16.7. The van der Waals surface area contributed by atoms with E-state index < -0.39 is 86.8 Å². The van der Waals surface area contributed by atoms with Crippen LogP contribution >= 0.6 is 0 Å². The van der Waals surface area contributed by atoms with Gasteiger partial charge in [0.1, 0.15) is 48.8 Å². The fraction of sp³-hybridized carbons (Fsp3) is 0.864. The van der Waals surface area contributed by atoms with Crippen molar-refractivity contribution in [1.82, 2.24) is 5.32 Å². The van der Waals surface area contributed by atoms with E-state index in [0.29, 0.717) is 6.42 Å². The molecule has 0 radical (unpaired) electrons. The van der Waals surface area contributed by atoms with Gasteiger partial charge in [-0.3, -0.25) is 4.79 Å². The lowest BCUT2D eigenvalue weighted by Gasteiger charge is -2.46. The summed E-state index contributed by atoms with van der Waals surface area (Å²) in [4.78, 5) is 13.3. The molecule has 80 heavy (non-hydrogen) atoms. The number of hydrogen-bond acceptors (Lipinski definition) is 13. The Bertz CT molecular complexity index is 1530. The van der Waals surface area contributed by atoms with Crippen molar-refractivity contribution in [1.29, 1.82) is 0 Å². The highest BCUT2D eigenvalue weighted by Crippen LogP contribution is 2.30. The minimum Gasteiger partial charge on any atom is -0.394 e. The Kier molecular flexibility index (Phi) is 47.6. The molecule has 0 aliphatic carbocycles. The van der Waals surface area contributed by atoms with Crippen molar-refractivity contribution in [2.75, 3.05) is 19.8 Å². The van der Waals surface area contributed by atoms with Crippen LogP contribution in [0.5, 0.6) is 0 Å². The number of unbranched alkanes of at least 4 members (excludes halogenated alkanes) is 34. The van der Waals surface area contributed by atoms with Crippen molar-refractivity contribution in [2.45, 2.75) is 344 Å². The highest BCUT2D eigenvalue weighted by Gasteiger charge is 2.51. The molecule has 2 heterocycles. The van der Waals surface area contributed by atoms with Crippen LogP contribution in [0.15, 0.2) is 48.6 Å². The van der Waals surface area contributed by atoms with E-state index in [1.54, 1.807) is 6.08 Å². The van der Waals surface area contributed by atoms with Crippen LogP contribution in [0.2, 0.25) is 0 Å². The lowest BCUT2D eigenvalue weighted by molar-refractivity contribution is -0.359. The number of aliphatic hydroxyl groups is 8. The molecule has 0 aromatic heterocycles. The third-order valence-corrected chi connectivity index (χ3v) is 16.0. The maximum Gasteiger partial charge on any atom is 0.220 e. The first-order valence-electron chi connectivity index (χ1n) is 32.9. The fourth-order valence-electron chi connectivity index (χ4n) is 10.7. The normalized spacial score (nSPS) is 24.5. The molecule has 14 nitrogen and oxygen atoms in total. The second-order valence-electron chi connectivity index (χ2n) is 23.2. The van der Waals surface area contributed by atoms with Crippen molar-refractivity contribution >= 4 is 5.91 Å². The van der Waals surface area contributed by atoms with Gasteiger partial charge in [-0.1, -0.05) is 255 Å². The van der Waals surface area contributed by atoms with Gasteiger partial charge in [-0.05, 0) is 57.8 Å². The summed E-state index contributed by atoms with van der Waals surface area (Å²) in [7, 11) is 0. The first-order chi connectivity index (χ1) is 39.1. The molecule has 2 fully saturated rings. The van der Waals surface area contributed by atoms with Crippen molar-refractivity contribution in [3.8, 4) is 0 Å². The second-order valence-corrected chi connectivity index (χ2v) is 23.2. The molecule has 0 saturated carbocycles. The summed E-state index contributed by atoms with van der Waals surface area (Å²) in [6.45, 7) is 2.78. The number of rotatable bonds is 53. The Balaban J connectivity index is 1.58. The predicted molar refractivity (Wildman–Crippen MR) is 323 cm³/mol. The van der Waals surface area contributed by atoms with Crippen molar-refractivity contribution in [2.24, 2.45) is 0 Å². The van der Waals surface area contributed by atoms with Crippen LogP contribution < -0.4 is 5.32 Å². The fourth-order valence-corrected chi connectivity index (χ4v) is 10.7. The molecule has 2 aliphatic heterocycles. The summed E-state index contributed by atoms with van der Waals surface area (Å²) in [6, 6.07) is -0.912. The number of allylic oxidation sites excluding steroid dienone is 7. The molecule has 9 N–H and O–H groups in total. The molecule has 2 aliphatic rings. The largest absolute Gasteiger partial charge is 0.394 e. The number of carbonyl (C=O) groups excluding carboxylic acids is 1. The standard InChI is InChI=1S/C66H121NO13/c1-3-5-7-9-11-13-15-16-17-18-19-20-21-22-23-24-25-26-27-28-29-30-31-32-33-34-35-36-37-38-40-42-44-46-48-50-58(71)67-54(55(70)49-47-45-43-41-39-14-12-10-8-6-4-2)53-77-65-63(76)61(74)64(57(52-69)79-65)80-66-62(75)60(73)59(72)56(51-68)78-66/h15-16,18-19,21-22,47,49,54-57,59-66,68-70,72-76H,3-14,17,20,23-46,48,50-53H2,1-2H3,(H,67,71)/b16-15-,19-18-,22-21-,49-47+. The lowest BCUT2D eigenvalue weighted by atomic mass is 9.97. The zero-order valence-corrected chi connectivity index (χ0v) is 50.6. The number of amides is 1. The molecule has 1 amide bonds. The zero-order chi connectivity index (χ0) is 58.1. The summed E-state index contributed by atoms with van der Waals surface area (Å²) < 4.78 is 22.8. The van der Waals surface area contributed by atoms with Crippen LogP contribution in [0, 0.1) is 0 Å². The molecule has 0 bridgehead atoms. The van der Waals surface area contributed by atoms with E-state index in [0.717, 1.165) is 51.4 Å². The molecule has 0 spiro atoms. The predicted octanol–water partition coefficient (Wildman–Crippen LogP) is 12.3. The topological polar surface area (TPSA) is 228 Å². The summed E-state index contributed by atoms with van der Waals surface area (Å²) in [6.07, 6.45) is 49.0. The van der Waals surface area contributed by atoms with E-state index in [-0.39, 0.29) is 18.9 Å². The van der Waals surface area contributed by atoms with Gasteiger partial charge in [-0.2, -0.15) is 0 Å². The van der Waals surface area contributed by atoms with Crippen molar-refractivity contribution in [3.63, 3.8) is 0 Å². The average molecular weight is 1140 g/mol. The Morgan fingerprint density at radius 3 is 1.26 bits per heavy atom. The average Bonchev–Trinajstić information content (AvgIpc) is 3.46. The van der Waals surface area contributed by atoms with Crippen LogP contribution in [0.3, 0.4) is 0 Å². The van der Waals surface area contributed by atoms with E-state index in [1.807, 2.05) is 6.08 Å². The van der Waals surface area contributed by atoms with Gasteiger partial charge in [0, 0.05) is 6.42 Å². The van der Waals surface area contributed by atoms with Crippen molar-refractivity contribution < 1.29 is 64.6 Å². The number of carbonyl (C=O) groups is 1. The third-order valence-electron chi connectivity index (χ3n) is 16.0. The molecular formula is C66H121NO13. The van der Waals surface area contributed by atoms with E-state index >= 15 is 0 Å². The summed E-state index contributed by atoms with van der Waals surface area (Å²) in [5.74, 6) is -0.238. The molecule has 2 saturated heterocycles. The van der Waals surface area contributed by atoms with Crippen LogP contribution in [-0.2, 0) is 23.7 Å². The summed E-state index contributed by atoms with van der Waals surface area (Å²) in [5.41, 5.74) is 0. The quantitative estimate of drug-likeness (QED) is 0.0204.